The summed E-state index contributed by atoms with van der Waals surface area (Å²) in [6.07, 6.45) is 0. The van der Waals surface area contributed by atoms with Gasteiger partial charge < -0.3 is 14.4 Å². The number of aliphatic hydroxyl groups is 1. The van der Waals surface area contributed by atoms with E-state index in [1.807, 2.05) is 0 Å². The predicted octanol–water partition coefficient (Wildman–Crippen LogP) is 2.08. The van der Waals surface area contributed by atoms with Gasteiger partial charge in [-0.25, -0.2) is 0 Å². The molecule has 3 atom stereocenters. The van der Waals surface area contributed by atoms with Crippen LogP contribution in [0.2, 0.25) is 0 Å². The van der Waals surface area contributed by atoms with Crippen molar-refractivity contribution in [2.24, 2.45) is 11.8 Å². The monoisotopic (exact) mass is 266 g/mol. The molecule has 0 saturated heterocycles. The standard InChI is InChI=1S/C11H23O5P/c1-6-15-10(12)9(8(3)4)11(13)17(5,14)16-7-2/h8-9,11,13H,6-7H2,1-5H3/t9-,11-,17?/m1/s1. The van der Waals surface area contributed by atoms with Crippen LogP contribution in [0.15, 0.2) is 0 Å². The molecule has 0 aromatic carbocycles. The van der Waals surface area contributed by atoms with E-state index < -0.39 is 25.1 Å². The van der Waals surface area contributed by atoms with E-state index in [-0.39, 0.29) is 19.1 Å². The molecule has 0 heterocycles. The Labute approximate surface area is 103 Å². The van der Waals surface area contributed by atoms with Gasteiger partial charge in [-0.2, -0.15) is 0 Å². The molecule has 0 rings (SSSR count). The largest absolute Gasteiger partial charge is 0.466 e. The van der Waals surface area contributed by atoms with Crippen molar-refractivity contribution in [1.29, 1.82) is 0 Å². The molecule has 0 aliphatic heterocycles. The molecule has 0 aliphatic rings. The van der Waals surface area contributed by atoms with Gasteiger partial charge in [0.1, 0.15) is 5.85 Å². The maximum absolute atomic E-state index is 12.1. The Hall–Kier alpha value is -0.380. The molecule has 102 valence electrons. The van der Waals surface area contributed by atoms with Crippen LogP contribution < -0.4 is 0 Å². The number of carbonyl (C=O) groups is 1. The van der Waals surface area contributed by atoms with Gasteiger partial charge in [0.25, 0.3) is 0 Å². The molecule has 0 aromatic heterocycles. The molecule has 1 N–H and O–H groups in total. The van der Waals surface area contributed by atoms with Crippen LogP contribution in [0.4, 0.5) is 0 Å². The van der Waals surface area contributed by atoms with Gasteiger partial charge in [-0.1, -0.05) is 13.8 Å². The van der Waals surface area contributed by atoms with Crippen molar-refractivity contribution >= 4 is 13.3 Å². The Morgan fingerprint density at radius 2 is 1.82 bits per heavy atom. The number of aliphatic hydroxyl groups excluding tert-OH is 1. The molecule has 1 unspecified atom stereocenters. The van der Waals surface area contributed by atoms with Crippen molar-refractivity contribution in [3.05, 3.63) is 0 Å². The lowest BCUT2D eigenvalue weighted by Gasteiger charge is -2.28. The van der Waals surface area contributed by atoms with Crippen LogP contribution in [-0.2, 0) is 18.6 Å². The highest BCUT2D eigenvalue weighted by atomic mass is 31.2. The highest BCUT2D eigenvalue weighted by molar-refractivity contribution is 7.58. The first-order valence-corrected chi connectivity index (χ1v) is 7.98. The summed E-state index contributed by atoms with van der Waals surface area (Å²) in [4.78, 5) is 11.7. The normalized spacial score (nSPS) is 18.5. The van der Waals surface area contributed by atoms with Crippen LogP contribution in [-0.4, -0.2) is 36.8 Å². The Kier molecular flexibility index (Phi) is 6.98. The molecule has 0 bridgehead atoms. The van der Waals surface area contributed by atoms with Gasteiger partial charge in [0.15, 0.2) is 0 Å². The lowest BCUT2D eigenvalue weighted by atomic mass is 9.97. The minimum atomic E-state index is -3.22. The van der Waals surface area contributed by atoms with Crippen LogP contribution in [0.3, 0.4) is 0 Å². The van der Waals surface area contributed by atoms with Crippen molar-refractivity contribution in [3.8, 4) is 0 Å². The molecule has 6 heteroatoms. The van der Waals surface area contributed by atoms with E-state index in [1.165, 1.54) is 6.66 Å². The fourth-order valence-electron chi connectivity index (χ4n) is 1.60. The average Bonchev–Trinajstić information content (AvgIpc) is 2.17. The SMILES string of the molecule is CCOC(=O)[C@@H](C(C)C)[C@H](O)P(C)(=O)OCC. The van der Waals surface area contributed by atoms with Crippen molar-refractivity contribution in [2.75, 3.05) is 19.9 Å². The molecule has 0 aliphatic carbocycles. The van der Waals surface area contributed by atoms with Crippen LogP contribution >= 0.6 is 7.37 Å². The molecule has 5 nitrogen and oxygen atoms in total. The van der Waals surface area contributed by atoms with Crippen LogP contribution in [0, 0.1) is 11.8 Å². The van der Waals surface area contributed by atoms with E-state index in [1.54, 1.807) is 27.7 Å². The summed E-state index contributed by atoms with van der Waals surface area (Å²) in [5, 5.41) is 10.0. The number of ether oxygens (including phenoxy) is 1. The molecule has 0 aromatic rings. The first-order valence-electron chi connectivity index (χ1n) is 5.84. The van der Waals surface area contributed by atoms with Crippen molar-refractivity contribution < 1.29 is 23.7 Å². The zero-order valence-corrected chi connectivity index (χ0v) is 12.1. The molecule has 17 heavy (non-hydrogen) atoms. The fraction of sp³-hybridized carbons (Fsp3) is 0.909. The van der Waals surface area contributed by atoms with Gasteiger partial charge in [-0.15, -0.1) is 0 Å². The van der Waals surface area contributed by atoms with Gasteiger partial charge in [0.2, 0.25) is 7.37 Å². The predicted molar refractivity (Wildman–Crippen MR) is 66.1 cm³/mol. The summed E-state index contributed by atoms with van der Waals surface area (Å²) < 4.78 is 22.0. The summed E-state index contributed by atoms with van der Waals surface area (Å²) >= 11 is 0. The van der Waals surface area contributed by atoms with Crippen molar-refractivity contribution in [1.82, 2.24) is 0 Å². The van der Waals surface area contributed by atoms with Crippen molar-refractivity contribution in [3.63, 3.8) is 0 Å². The second-order valence-corrected chi connectivity index (χ2v) is 6.87. The summed E-state index contributed by atoms with van der Waals surface area (Å²) in [5.41, 5.74) is 0. The van der Waals surface area contributed by atoms with E-state index >= 15 is 0 Å². The first kappa shape index (κ1) is 16.6. The van der Waals surface area contributed by atoms with Gasteiger partial charge in [-0.05, 0) is 19.8 Å². The molecule has 0 radical (unpaired) electrons. The van der Waals surface area contributed by atoms with E-state index in [9.17, 15) is 14.5 Å². The third-order valence-corrected chi connectivity index (χ3v) is 4.52. The maximum atomic E-state index is 12.1. The number of hydrogen-bond donors (Lipinski definition) is 1. The van der Waals surface area contributed by atoms with Crippen LogP contribution in [0.5, 0.6) is 0 Å². The number of rotatable bonds is 7. The summed E-state index contributed by atoms with van der Waals surface area (Å²) in [6.45, 7) is 8.74. The fourth-order valence-corrected chi connectivity index (χ4v) is 3.32. The summed E-state index contributed by atoms with van der Waals surface area (Å²) in [6, 6.07) is 0. The highest BCUT2D eigenvalue weighted by Crippen LogP contribution is 2.51. The third kappa shape index (κ3) is 4.78. The molecular formula is C11H23O5P. The molecular weight excluding hydrogens is 243 g/mol. The van der Waals surface area contributed by atoms with E-state index in [2.05, 4.69) is 0 Å². The second-order valence-electron chi connectivity index (χ2n) is 4.26. The van der Waals surface area contributed by atoms with Gasteiger partial charge >= 0.3 is 5.97 Å². The van der Waals surface area contributed by atoms with Crippen molar-refractivity contribution in [2.45, 2.75) is 33.5 Å². The Balaban J connectivity index is 4.94. The highest BCUT2D eigenvalue weighted by Gasteiger charge is 2.41. The number of carbonyl (C=O) groups excluding carboxylic acids is 1. The number of hydrogen-bond acceptors (Lipinski definition) is 5. The van der Waals surface area contributed by atoms with Gasteiger partial charge in [0, 0.05) is 6.66 Å². The van der Waals surface area contributed by atoms with E-state index in [4.69, 9.17) is 9.26 Å². The smallest absolute Gasteiger partial charge is 0.312 e. The lowest BCUT2D eigenvalue weighted by Crippen LogP contribution is -2.34. The second kappa shape index (κ2) is 7.14. The summed E-state index contributed by atoms with van der Waals surface area (Å²) in [7, 11) is -3.22. The van der Waals surface area contributed by atoms with Crippen LogP contribution in [0.1, 0.15) is 27.7 Å². The number of esters is 1. The third-order valence-electron chi connectivity index (χ3n) is 2.46. The molecule has 0 spiro atoms. The Morgan fingerprint density at radius 3 is 2.18 bits per heavy atom. The maximum Gasteiger partial charge on any atom is 0.312 e. The van der Waals surface area contributed by atoms with Gasteiger partial charge in [0.05, 0.1) is 19.1 Å². The van der Waals surface area contributed by atoms with E-state index in [0.717, 1.165) is 0 Å². The topological polar surface area (TPSA) is 72.8 Å². The van der Waals surface area contributed by atoms with Crippen LogP contribution in [0.25, 0.3) is 0 Å². The van der Waals surface area contributed by atoms with Gasteiger partial charge in [-0.3, -0.25) is 9.36 Å². The molecule has 0 amide bonds. The molecule has 0 saturated carbocycles. The zero-order valence-electron chi connectivity index (χ0n) is 11.2. The molecule has 0 fully saturated rings. The minimum absolute atomic E-state index is 0.169. The zero-order chi connectivity index (χ0) is 13.6. The minimum Gasteiger partial charge on any atom is -0.466 e. The van der Waals surface area contributed by atoms with E-state index in [0.29, 0.717) is 0 Å². The summed E-state index contributed by atoms with van der Waals surface area (Å²) in [5.74, 6) is -2.84. The average molecular weight is 266 g/mol. The first-order chi connectivity index (χ1) is 7.77. The quantitative estimate of drug-likeness (QED) is 0.564. The Bertz CT molecular complexity index is 290. The lowest BCUT2D eigenvalue weighted by molar-refractivity contribution is -0.152. The Morgan fingerprint density at radius 1 is 1.29 bits per heavy atom.